The molecule has 0 spiro atoms. The Hall–Kier alpha value is -6.66. The molecule has 2 aliphatic rings. The molecule has 0 bridgehead atoms. The third kappa shape index (κ3) is 7.54. The van der Waals surface area contributed by atoms with Crippen LogP contribution >= 0.6 is 22.7 Å². The number of aromatic amines is 2. The first-order valence-corrected chi connectivity index (χ1v) is 21.1. The number of ether oxygens (including phenoxy) is 2. The van der Waals surface area contributed by atoms with Crippen LogP contribution in [-0.2, 0) is 19.1 Å². The molecule has 0 unspecified atom stereocenters. The third-order valence-electron chi connectivity index (χ3n) is 10.9. The van der Waals surface area contributed by atoms with Gasteiger partial charge in [0.15, 0.2) is 0 Å². The Morgan fingerprint density at radius 2 is 1.08 bits per heavy atom. The van der Waals surface area contributed by atoms with Crippen molar-refractivity contribution in [2.75, 3.05) is 27.3 Å². The predicted molar refractivity (Wildman–Crippen MR) is 225 cm³/mol. The van der Waals surface area contributed by atoms with Crippen molar-refractivity contribution in [1.29, 1.82) is 0 Å². The quantitative estimate of drug-likeness (QED) is 0.109. The molecule has 9 rings (SSSR count). The summed E-state index contributed by atoms with van der Waals surface area (Å²) >= 11 is 3.05. The lowest BCUT2D eigenvalue weighted by Crippen LogP contribution is -2.42. The molecule has 2 aliphatic heterocycles. The molecule has 306 valence electrons. The highest BCUT2D eigenvalue weighted by molar-refractivity contribution is 7.23. The Kier molecular flexibility index (Phi) is 10.7. The number of imidazole rings is 2. The molecule has 18 heteroatoms. The molecule has 7 aromatic rings. The Labute approximate surface area is 351 Å². The zero-order valence-corrected chi connectivity index (χ0v) is 34.2. The summed E-state index contributed by atoms with van der Waals surface area (Å²) in [5.41, 5.74) is 4.47. The Bertz CT molecular complexity index is 2470. The van der Waals surface area contributed by atoms with E-state index in [9.17, 15) is 19.2 Å². The summed E-state index contributed by atoms with van der Waals surface area (Å²) in [6, 6.07) is 19.9. The van der Waals surface area contributed by atoms with E-state index in [0.717, 1.165) is 67.5 Å². The van der Waals surface area contributed by atoms with Gasteiger partial charge >= 0.3 is 12.2 Å². The number of aromatic nitrogens is 6. The second kappa shape index (κ2) is 16.5. The molecule has 0 radical (unpaired) electrons. The monoisotopic (exact) mass is 844 g/mol. The van der Waals surface area contributed by atoms with Gasteiger partial charge in [0.1, 0.15) is 33.7 Å². The van der Waals surface area contributed by atoms with Crippen LogP contribution < -0.4 is 10.6 Å². The molecule has 6 heterocycles. The molecule has 3 aromatic carbocycles. The van der Waals surface area contributed by atoms with E-state index in [4.69, 9.17) is 29.4 Å². The number of hydrogen-bond acceptors (Lipinski definition) is 12. The van der Waals surface area contributed by atoms with Crippen LogP contribution in [0, 0.1) is 0 Å². The first kappa shape index (κ1) is 38.8. The van der Waals surface area contributed by atoms with Crippen molar-refractivity contribution in [2.24, 2.45) is 0 Å². The van der Waals surface area contributed by atoms with Crippen molar-refractivity contribution in [3.63, 3.8) is 0 Å². The lowest BCUT2D eigenvalue weighted by atomic mass is 10.1. The second-order valence-corrected chi connectivity index (χ2v) is 16.6. The first-order chi connectivity index (χ1) is 29.3. The molecule has 16 nitrogen and oxygen atoms in total. The van der Waals surface area contributed by atoms with Gasteiger partial charge in [0.05, 0.1) is 70.5 Å². The van der Waals surface area contributed by atoms with Crippen LogP contribution in [0.15, 0.2) is 85.2 Å². The van der Waals surface area contributed by atoms with Crippen molar-refractivity contribution in [2.45, 2.75) is 49.9 Å². The van der Waals surface area contributed by atoms with Gasteiger partial charge in [0.25, 0.3) is 11.8 Å². The molecule has 4 aromatic heterocycles. The van der Waals surface area contributed by atoms with E-state index in [2.05, 4.69) is 20.6 Å². The normalized spacial score (nSPS) is 17.5. The number of nitrogens with one attached hydrogen (secondary N) is 4. The summed E-state index contributed by atoms with van der Waals surface area (Å²) in [5.74, 6) is 0.848. The summed E-state index contributed by atoms with van der Waals surface area (Å²) in [6.45, 7) is 1.06. The number of methoxy groups -OCH3 is 2. The number of H-pyrrole nitrogens is 2. The molecule has 4 N–H and O–H groups in total. The number of fused-ring (bicyclic) bond motifs is 2. The fourth-order valence-corrected chi connectivity index (χ4v) is 9.88. The predicted octanol–water partition coefficient (Wildman–Crippen LogP) is 7.21. The van der Waals surface area contributed by atoms with E-state index in [1.54, 1.807) is 22.2 Å². The van der Waals surface area contributed by atoms with Crippen LogP contribution in [0.5, 0.6) is 0 Å². The van der Waals surface area contributed by atoms with Crippen molar-refractivity contribution < 1.29 is 28.7 Å². The van der Waals surface area contributed by atoms with Gasteiger partial charge in [-0.05, 0) is 48.9 Å². The number of rotatable bonds is 10. The smallest absolute Gasteiger partial charge is 0.407 e. The fourth-order valence-electron chi connectivity index (χ4n) is 7.99. The number of alkyl carbamates (subject to hydrolysis) is 2. The van der Waals surface area contributed by atoms with E-state index in [0.29, 0.717) is 35.9 Å². The van der Waals surface area contributed by atoms with Gasteiger partial charge in [0.2, 0.25) is 0 Å². The lowest BCUT2D eigenvalue weighted by molar-refractivity contribution is -0.135. The molecule has 0 saturated carbocycles. The van der Waals surface area contributed by atoms with Crippen LogP contribution in [0.3, 0.4) is 0 Å². The first-order valence-electron chi connectivity index (χ1n) is 19.5. The van der Waals surface area contributed by atoms with Crippen molar-refractivity contribution >= 4 is 67.1 Å². The van der Waals surface area contributed by atoms with Crippen molar-refractivity contribution in [3.8, 4) is 21.4 Å². The minimum atomic E-state index is -0.902. The highest BCUT2D eigenvalue weighted by atomic mass is 32.1. The van der Waals surface area contributed by atoms with E-state index in [1.165, 1.54) is 36.9 Å². The summed E-state index contributed by atoms with van der Waals surface area (Å²) in [6.07, 6.45) is 5.17. The van der Waals surface area contributed by atoms with Gasteiger partial charge < -0.3 is 39.9 Å². The number of carbonyl (C=O) groups is 4. The summed E-state index contributed by atoms with van der Waals surface area (Å²) in [5, 5.41) is 6.94. The van der Waals surface area contributed by atoms with E-state index in [1.807, 2.05) is 72.8 Å². The molecular weight excluding hydrogens is 805 g/mol. The molecular formula is C42H40N10O6S2. The molecule has 60 heavy (non-hydrogen) atoms. The Morgan fingerprint density at radius 1 is 0.667 bits per heavy atom. The van der Waals surface area contributed by atoms with Crippen LogP contribution in [0.4, 0.5) is 9.59 Å². The summed E-state index contributed by atoms with van der Waals surface area (Å²) in [4.78, 5) is 82.1. The molecule has 4 atom stereocenters. The van der Waals surface area contributed by atoms with Gasteiger partial charge in [-0.2, -0.15) is 0 Å². The lowest BCUT2D eigenvalue weighted by Gasteiger charge is -2.28. The zero-order valence-electron chi connectivity index (χ0n) is 32.6. The maximum atomic E-state index is 13.9. The number of amides is 4. The fraction of sp³-hybridized carbons (Fsp3) is 0.286. The van der Waals surface area contributed by atoms with Gasteiger partial charge in [-0.3, -0.25) is 9.59 Å². The van der Waals surface area contributed by atoms with Crippen molar-refractivity contribution in [3.05, 3.63) is 108 Å². The van der Waals surface area contributed by atoms with E-state index in [-0.39, 0.29) is 23.9 Å². The Morgan fingerprint density at radius 3 is 1.48 bits per heavy atom. The highest BCUT2D eigenvalue weighted by Crippen LogP contribution is 2.39. The average Bonchev–Trinajstić information content (AvgIpc) is 4.14. The zero-order chi connectivity index (χ0) is 41.3. The second-order valence-electron chi connectivity index (χ2n) is 14.5. The molecule has 2 fully saturated rings. The number of nitrogens with zero attached hydrogens (tertiary/aromatic N) is 6. The van der Waals surface area contributed by atoms with E-state index < -0.39 is 24.3 Å². The highest BCUT2D eigenvalue weighted by Gasteiger charge is 2.39. The van der Waals surface area contributed by atoms with Gasteiger partial charge in [-0.1, -0.05) is 60.7 Å². The van der Waals surface area contributed by atoms with Crippen LogP contribution in [0.1, 0.15) is 72.6 Å². The Balaban J connectivity index is 0.916. The minimum absolute atomic E-state index is 0.233. The number of thiazole rings is 2. The number of hydrogen-bond donors (Lipinski definition) is 4. The summed E-state index contributed by atoms with van der Waals surface area (Å²) in [7, 11) is 2.55. The average molecular weight is 845 g/mol. The van der Waals surface area contributed by atoms with Gasteiger partial charge in [-0.25, -0.2) is 29.5 Å². The SMILES string of the molecule is COC(=O)N[C@@H](C(=O)N1CCC[C@H]1c1ncc(-c2nc3cc4sc(-c5cnc([C@@H]6CCCN6C(=O)[C@H](NC(=O)OC)c6ccccc6)[nH]5)nc4cc3s2)[nH]1)c1ccccc1. The minimum Gasteiger partial charge on any atom is -0.453 e. The maximum absolute atomic E-state index is 13.9. The third-order valence-corrected chi connectivity index (χ3v) is 13.0. The topological polar surface area (TPSA) is 200 Å². The van der Waals surface area contributed by atoms with Crippen LogP contribution in [-0.4, -0.2) is 91.0 Å². The standard InChI is InChI=1S/C42H40N10O6S2/c1-57-41(55)49-33(23-11-5-3-6-12-23)39(53)51-17-9-15-29(51)35-43-21-27(45-35)37-47-25-19-32-26(20-31(25)59-37)48-38(60-32)28-22-44-36(46-28)30-16-10-18-52(30)40(54)34(50-42(56)58-2)24-13-7-4-8-14-24/h3-8,11-14,19-22,29-30,33-34H,9-10,15-18H2,1-2H3,(H,43,45)(H,44,46)(H,49,55)(H,50,56)/t29-,30-,33+,34+/m0/s1. The summed E-state index contributed by atoms with van der Waals surface area (Å²) < 4.78 is 11.6. The van der Waals surface area contributed by atoms with Crippen LogP contribution in [0.25, 0.3) is 41.8 Å². The van der Waals surface area contributed by atoms with E-state index >= 15 is 0 Å². The molecule has 2 saturated heterocycles. The van der Waals surface area contributed by atoms with Gasteiger partial charge in [-0.15, -0.1) is 22.7 Å². The largest absolute Gasteiger partial charge is 0.453 e. The molecule has 0 aliphatic carbocycles. The number of likely N-dealkylation sites (tertiary alicyclic amines) is 2. The van der Waals surface area contributed by atoms with Crippen LogP contribution in [0.2, 0.25) is 0 Å². The maximum Gasteiger partial charge on any atom is 0.407 e. The number of benzene rings is 3. The van der Waals surface area contributed by atoms with Crippen molar-refractivity contribution in [1.82, 2.24) is 50.3 Å². The number of carbonyl (C=O) groups excluding carboxylic acids is 4. The molecule has 4 amide bonds. The van der Waals surface area contributed by atoms with Gasteiger partial charge in [0, 0.05) is 13.1 Å².